The van der Waals surface area contributed by atoms with E-state index in [4.69, 9.17) is 9.97 Å². The van der Waals surface area contributed by atoms with Crippen molar-refractivity contribution in [2.45, 2.75) is 6.17 Å². The van der Waals surface area contributed by atoms with E-state index in [-0.39, 0.29) is 0 Å². The molecule has 58 heavy (non-hydrogen) atoms. The maximum Gasteiger partial charge on any atom is 0.186 e. The smallest absolute Gasteiger partial charge is 0.186 e. The molecule has 1 aliphatic heterocycles. The number of pyridine rings is 2. The van der Waals surface area contributed by atoms with Gasteiger partial charge in [0.05, 0.1) is 11.2 Å². The third-order valence-corrected chi connectivity index (χ3v) is 18.0. The number of hydrogen-bond acceptors (Lipinski definition) is 4. The lowest BCUT2D eigenvalue weighted by Gasteiger charge is -2.44. The van der Waals surface area contributed by atoms with Crippen LogP contribution in [0.4, 0.5) is 21.6 Å². The van der Waals surface area contributed by atoms with E-state index >= 15 is 4.39 Å². The Kier molecular flexibility index (Phi) is 7.33. The average Bonchev–Trinajstić information content (AvgIpc) is 3.95. The zero-order valence-corrected chi connectivity index (χ0v) is 32.9. The largest absolute Gasteiger partial charge is 0.299 e. The number of alkyl halides is 1. The van der Waals surface area contributed by atoms with Crippen LogP contribution in [0, 0.1) is 0 Å². The van der Waals surface area contributed by atoms with Gasteiger partial charge in [-0.1, -0.05) is 133 Å². The first-order valence-corrected chi connectivity index (χ1v) is 22.3. The van der Waals surface area contributed by atoms with Crippen molar-refractivity contribution in [3.63, 3.8) is 0 Å². The Morgan fingerprint density at radius 1 is 0.534 bits per heavy atom. The number of imidazole rings is 1. The molecule has 0 fully saturated rings. The van der Waals surface area contributed by atoms with Crippen molar-refractivity contribution in [3.05, 3.63) is 206 Å². The van der Waals surface area contributed by atoms with Gasteiger partial charge in [0.15, 0.2) is 14.2 Å². The molecule has 0 amide bonds. The van der Waals surface area contributed by atoms with Gasteiger partial charge in [0.2, 0.25) is 0 Å². The summed E-state index contributed by atoms with van der Waals surface area (Å²) in [5.74, 6) is 0.879. The van der Waals surface area contributed by atoms with Gasteiger partial charge in [-0.05, 0) is 79.7 Å². The zero-order valence-electron chi connectivity index (χ0n) is 31.1. The first-order chi connectivity index (χ1) is 28.7. The van der Waals surface area contributed by atoms with Crippen molar-refractivity contribution >= 4 is 105 Å². The summed E-state index contributed by atoms with van der Waals surface area (Å²) in [5.41, 5.74) is 5.06. The molecule has 0 N–H and O–H groups in total. The highest BCUT2D eigenvalue weighted by molar-refractivity contribution is 7.26. The van der Waals surface area contributed by atoms with Crippen LogP contribution in [0.1, 0.15) is 17.3 Å². The van der Waals surface area contributed by atoms with E-state index in [1.165, 1.54) is 40.9 Å². The van der Waals surface area contributed by atoms with Gasteiger partial charge in [-0.3, -0.25) is 9.30 Å². The number of fused-ring (bicyclic) bond motifs is 12. The summed E-state index contributed by atoms with van der Waals surface area (Å²) < 4.78 is 21.8. The molecular formula is C51H33FN4SSi. The van der Waals surface area contributed by atoms with E-state index in [2.05, 4.69) is 143 Å². The van der Waals surface area contributed by atoms with Crippen molar-refractivity contribution in [3.8, 4) is 0 Å². The molecule has 0 radical (unpaired) electrons. The summed E-state index contributed by atoms with van der Waals surface area (Å²) in [6.07, 6.45) is 4.31. The van der Waals surface area contributed by atoms with Crippen LogP contribution in [0.15, 0.2) is 195 Å². The van der Waals surface area contributed by atoms with Crippen molar-refractivity contribution in [1.82, 2.24) is 14.4 Å². The first-order valence-electron chi connectivity index (χ1n) is 19.5. The number of hydrogen-bond donors (Lipinski definition) is 0. The molecule has 4 nitrogen and oxygen atoms in total. The summed E-state index contributed by atoms with van der Waals surface area (Å²) in [6.45, 7) is 0. The number of aromatic nitrogens is 3. The monoisotopic (exact) mass is 780 g/mol. The molecule has 1 aliphatic rings. The van der Waals surface area contributed by atoms with Crippen LogP contribution in [-0.4, -0.2) is 22.4 Å². The molecular weight excluding hydrogens is 748 g/mol. The minimum Gasteiger partial charge on any atom is -0.299 e. The molecule has 11 aromatic rings. The Bertz CT molecular complexity index is 3360. The van der Waals surface area contributed by atoms with Crippen LogP contribution in [0.5, 0.6) is 0 Å². The third-order valence-electron chi connectivity index (χ3n) is 12.1. The molecule has 0 spiro atoms. The molecule has 1 atom stereocenters. The van der Waals surface area contributed by atoms with Crippen molar-refractivity contribution in [1.29, 1.82) is 0 Å². The minimum atomic E-state index is -2.96. The summed E-state index contributed by atoms with van der Waals surface area (Å²) in [6, 6.07) is 62.0. The fourth-order valence-corrected chi connectivity index (χ4v) is 15.8. The highest BCUT2D eigenvalue weighted by Crippen LogP contribution is 2.47. The average molecular weight is 781 g/mol. The summed E-state index contributed by atoms with van der Waals surface area (Å²) >= 11 is 1.81. The molecule has 7 aromatic carbocycles. The Morgan fingerprint density at radius 3 is 2.10 bits per heavy atom. The summed E-state index contributed by atoms with van der Waals surface area (Å²) in [4.78, 5) is 12.3. The van der Waals surface area contributed by atoms with Gasteiger partial charge in [0.1, 0.15) is 11.5 Å². The second-order valence-electron chi connectivity index (χ2n) is 15.0. The van der Waals surface area contributed by atoms with E-state index < -0.39 is 14.2 Å². The normalized spacial score (nSPS) is 14.0. The van der Waals surface area contributed by atoms with Crippen molar-refractivity contribution in [2.75, 3.05) is 4.90 Å². The number of para-hydroxylation sites is 1. The fourth-order valence-electron chi connectivity index (χ4n) is 9.63. The number of halogens is 1. The number of anilines is 3. The lowest BCUT2D eigenvalue weighted by molar-refractivity contribution is 0.402. The second-order valence-corrected chi connectivity index (χ2v) is 19.8. The van der Waals surface area contributed by atoms with E-state index in [0.717, 1.165) is 44.5 Å². The maximum absolute atomic E-state index is 17.3. The van der Waals surface area contributed by atoms with Crippen LogP contribution in [0.3, 0.4) is 0 Å². The lowest BCUT2D eigenvalue weighted by atomic mass is 9.97. The van der Waals surface area contributed by atoms with Gasteiger partial charge in [-0.2, -0.15) is 0 Å². The SMILES string of the molecule is FC(c1cccc(N2c3ncccc3[Si](c3ccccc3)(c3ccccc3)c3ccc4sc5ccccc5c4c32)c1)c1ccc2c3ccccc3n3ccnc3c2c1. The van der Waals surface area contributed by atoms with Gasteiger partial charge >= 0.3 is 0 Å². The first kappa shape index (κ1) is 33.2. The lowest BCUT2D eigenvalue weighted by Crippen LogP contribution is -2.77. The molecule has 12 rings (SSSR count). The van der Waals surface area contributed by atoms with E-state index in [1.807, 2.05) is 72.4 Å². The molecule has 7 heteroatoms. The molecule has 0 saturated heterocycles. The summed E-state index contributed by atoms with van der Waals surface area (Å²) in [5, 5.41) is 10.6. The van der Waals surface area contributed by atoms with Gasteiger partial charge in [-0.15, -0.1) is 11.3 Å². The molecule has 4 aromatic heterocycles. The highest BCUT2D eigenvalue weighted by Gasteiger charge is 2.50. The van der Waals surface area contributed by atoms with Crippen LogP contribution in [0.25, 0.3) is 47.5 Å². The van der Waals surface area contributed by atoms with Crippen LogP contribution >= 0.6 is 11.3 Å². The Balaban J connectivity index is 1.11. The van der Waals surface area contributed by atoms with Crippen LogP contribution in [-0.2, 0) is 0 Å². The van der Waals surface area contributed by atoms with Gasteiger partial charge < -0.3 is 0 Å². The van der Waals surface area contributed by atoms with Gasteiger partial charge in [0.25, 0.3) is 0 Å². The van der Waals surface area contributed by atoms with Crippen LogP contribution < -0.4 is 25.6 Å². The molecule has 0 bridgehead atoms. The Hall–Kier alpha value is -6.93. The Labute approximate surface area is 338 Å². The van der Waals surface area contributed by atoms with Gasteiger partial charge in [-0.25, -0.2) is 14.4 Å². The van der Waals surface area contributed by atoms with Crippen LogP contribution in [0.2, 0.25) is 0 Å². The Morgan fingerprint density at radius 2 is 1.28 bits per heavy atom. The van der Waals surface area contributed by atoms with Crippen molar-refractivity contribution in [2.24, 2.45) is 0 Å². The maximum atomic E-state index is 17.3. The fraction of sp³-hybridized carbons (Fsp3) is 0.0196. The van der Waals surface area contributed by atoms with E-state index in [1.54, 1.807) is 0 Å². The molecule has 0 saturated carbocycles. The zero-order chi connectivity index (χ0) is 38.4. The number of rotatable bonds is 5. The predicted molar refractivity (Wildman–Crippen MR) is 242 cm³/mol. The predicted octanol–water partition coefficient (Wildman–Crippen LogP) is 10.6. The third kappa shape index (κ3) is 4.65. The van der Waals surface area contributed by atoms with Gasteiger partial charge in [0, 0.05) is 55.2 Å². The molecule has 1 unspecified atom stereocenters. The highest BCUT2D eigenvalue weighted by atomic mass is 32.1. The summed E-state index contributed by atoms with van der Waals surface area (Å²) in [7, 11) is -2.96. The number of thiophene rings is 1. The number of nitrogens with zero attached hydrogens (tertiary/aromatic N) is 4. The quantitative estimate of drug-likeness (QED) is 0.129. The van der Waals surface area contributed by atoms with E-state index in [9.17, 15) is 0 Å². The van der Waals surface area contributed by atoms with E-state index in [0.29, 0.717) is 11.1 Å². The minimum absolute atomic E-state index is 0.582. The standard InChI is InChI=1S/C51H33FN4SSi/c52-48(34-24-25-38-39-19-7-9-21-42(39)55-30-29-54-50(55)41(38)32-34)33-13-11-14-35(31-33)56-49-45(27-26-44-47(49)40-20-8-10-22-43(40)57-44)58(36-15-3-1-4-16-36,37-17-5-2-6-18-37)46-23-12-28-53-51(46)56/h1-32,48H. The molecule has 0 aliphatic carbocycles. The molecule has 274 valence electrons. The second kappa shape index (κ2) is 12.8. The topological polar surface area (TPSA) is 33.4 Å². The number of benzene rings is 7. The van der Waals surface area contributed by atoms with Crippen molar-refractivity contribution < 1.29 is 4.39 Å². The molecule has 5 heterocycles.